The van der Waals surface area contributed by atoms with Gasteiger partial charge >= 0.3 is 0 Å². The SMILES string of the molecule is [C-]#[N+]c1ccc(-c2nc(OC[C@@H]3CCCN(C)C3)c3nccn3c2-c2ccc(CN3CCOCC3)cc2F)cc1. The number of likely N-dealkylation sites (tertiary alicyclic amines) is 1. The maximum absolute atomic E-state index is 15.9. The minimum atomic E-state index is -0.319. The Morgan fingerprint density at radius 1 is 1.12 bits per heavy atom. The van der Waals surface area contributed by atoms with Crippen molar-refractivity contribution in [1.82, 2.24) is 24.2 Å². The van der Waals surface area contributed by atoms with Crippen molar-refractivity contribution in [3.8, 4) is 28.4 Å². The van der Waals surface area contributed by atoms with Crippen LogP contribution in [0.15, 0.2) is 54.9 Å². The standard InChI is InChI=1S/C31H33FN6O2/c1-33-25-8-6-24(7-9-25)28-29(26-10-5-22(18-27(26)32)20-37-14-16-39-17-15-37)38-13-11-34-30(38)31(35-28)40-21-23-4-3-12-36(2)19-23/h5-11,13,18,23H,3-4,12,14-17,19-21H2,2H3/t23-/m1/s1. The van der Waals surface area contributed by atoms with Gasteiger partial charge in [-0.2, -0.15) is 0 Å². The van der Waals surface area contributed by atoms with Crippen molar-refractivity contribution < 1.29 is 13.9 Å². The molecule has 2 aromatic heterocycles. The molecule has 0 spiro atoms. The first-order chi connectivity index (χ1) is 19.6. The van der Waals surface area contributed by atoms with E-state index in [0.29, 0.717) is 66.4 Å². The largest absolute Gasteiger partial charge is 0.475 e. The Morgan fingerprint density at radius 3 is 2.70 bits per heavy atom. The van der Waals surface area contributed by atoms with Crippen molar-refractivity contribution >= 4 is 11.3 Å². The number of piperidine rings is 1. The van der Waals surface area contributed by atoms with Gasteiger partial charge in [-0.05, 0) is 49.7 Å². The summed E-state index contributed by atoms with van der Waals surface area (Å²) in [6.45, 7) is 13.7. The fourth-order valence-corrected chi connectivity index (χ4v) is 5.68. The number of halogens is 1. The number of nitrogens with zero attached hydrogens (tertiary/aromatic N) is 6. The molecule has 0 bridgehead atoms. The summed E-state index contributed by atoms with van der Waals surface area (Å²) in [5.74, 6) is 0.518. The molecule has 1 atom stereocenters. The fourth-order valence-electron chi connectivity index (χ4n) is 5.68. The molecule has 0 radical (unpaired) electrons. The number of benzene rings is 2. The highest BCUT2D eigenvalue weighted by molar-refractivity contribution is 5.82. The zero-order valence-corrected chi connectivity index (χ0v) is 22.7. The molecule has 2 aliphatic rings. The first-order valence-electron chi connectivity index (χ1n) is 13.8. The van der Waals surface area contributed by atoms with Gasteiger partial charge in [-0.1, -0.05) is 30.3 Å². The normalized spacial score (nSPS) is 18.6. The number of morpholine rings is 1. The number of ether oxygens (including phenoxy) is 2. The molecule has 8 nitrogen and oxygen atoms in total. The molecule has 206 valence electrons. The van der Waals surface area contributed by atoms with Crippen LogP contribution in [0.4, 0.5) is 10.1 Å². The van der Waals surface area contributed by atoms with Crippen molar-refractivity contribution in [2.75, 3.05) is 53.0 Å². The third-order valence-electron chi connectivity index (χ3n) is 7.76. The molecule has 4 heterocycles. The van der Waals surface area contributed by atoms with E-state index in [9.17, 15) is 0 Å². The molecule has 40 heavy (non-hydrogen) atoms. The molecule has 6 rings (SSSR count). The molecule has 2 fully saturated rings. The van der Waals surface area contributed by atoms with E-state index in [-0.39, 0.29) is 5.82 Å². The van der Waals surface area contributed by atoms with Crippen molar-refractivity contribution in [1.29, 1.82) is 0 Å². The smallest absolute Gasteiger partial charge is 0.259 e. The quantitative estimate of drug-likeness (QED) is 0.296. The van der Waals surface area contributed by atoms with Crippen LogP contribution < -0.4 is 4.74 Å². The summed E-state index contributed by atoms with van der Waals surface area (Å²) in [6.07, 6.45) is 5.78. The van der Waals surface area contributed by atoms with Gasteiger partial charge in [-0.15, -0.1) is 0 Å². The maximum Gasteiger partial charge on any atom is 0.259 e. The number of hydrogen-bond donors (Lipinski definition) is 0. The lowest BCUT2D eigenvalue weighted by Gasteiger charge is -2.29. The van der Waals surface area contributed by atoms with E-state index in [0.717, 1.165) is 50.1 Å². The monoisotopic (exact) mass is 540 g/mol. The molecule has 0 saturated carbocycles. The average molecular weight is 541 g/mol. The second kappa shape index (κ2) is 11.7. The molecule has 4 aromatic rings. The predicted octanol–water partition coefficient (Wildman–Crippen LogP) is 5.31. The van der Waals surface area contributed by atoms with Crippen LogP contribution in [0, 0.1) is 18.3 Å². The molecular formula is C31H33FN6O2. The van der Waals surface area contributed by atoms with Gasteiger partial charge in [0.15, 0.2) is 5.69 Å². The number of imidazole rings is 1. The van der Waals surface area contributed by atoms with Crippen LogP contribution in [0.1, 0.15) is 18.4 Å². The van der Waals surface area contributed by atoms with Gasteiger partial charge in [0.25, 0.3) is 5.88 Å². The third kappa shape index (κ3) is 5.56. The highest BCUT2D eigenvalue weighted by Crippen LogP contribution is 2.37. The van der Waals surface area contributed by atoms with Gasteiger partial charge in [0.1, 0.15) is 5.82 Å². The van der Waals surface area contributed by atoms with Crippen molar-refractivity contribution in [2.45, 2.75) is 19.4 Å². The van der Waals surface area contributed by atoms with Gasteiger partial charge < -0.3 is 14.4 Å². The highest BCUT2D eigenvalue weighted by atomic mass is 19.1. The Hall–Kier alpha value is -3.84. The van der Waals surface area contributed by atoms with E-state index in [4.69, 9.17) is 21.0 Å². The first-order valence-corrected chi connectivity index (χ1v) is 13.8. The number of aromatic nitrogens is 3. The van der Waals surface area contributed by atoms with Gasteiger partial charge in [0, 0.05) is 50.1 Å². The van der Waals surface area contributed by atoms with Crippen LogP contribution in [0.2, 0.25) is 0 Å². The van der Waals surface area contributed by atoms with E-state index in [1.165, 1.54) is 0 Å². The zero-order valence-electron chi connectivity index (χ0n) is 22.7. The van der Waals surface area contributed by atoms with Crippen molar-refractivity contribution in [2.24, 2.45) is 5.92 Å². The Balaban J connectivity index is 1.40. The lowest BCUT2D eigenvalue weighted by atomic mass is 10.00. The van der Waals surface area contributed by atoms with E-state index >= 15 is 4.39 Å². The van der Waals surface area contributed by atoms with Crippen LogP contribution in [0.3, 0.4) is 0 Å². The molecule has 0 amide bonds. The average Bonchev–Trinajstić information content (AvgIpc) is 3.47. The lowest BCUT2D eigenvalue weighted by molar-refractivity contribution is 0.0341. The molecule has 0 unspecified atom stereocenters. The van der Waals surface area contributed by atoms with Crippen LogP contribution in [-0.4, -0.2) is 77.2 Å². The van der Waals surface area contributed by atoms with Crippen LogP contribution >= 0.6 is 0 Å². The van der Waals surface area contributed by atoms with E-state index in [2.05, 4.69) is 26.7 Å². The van der Waals surface area contributed by atoms with E-state index in [1.807, 2.05) is 34.9 Å². The van der Waals surface area contributed by atoms with Crippen molar-refractivity contribution in [3.63, 3.8) is 0 Å². The zero-order chi connectivity index (χ0) is 27.5. The van der Waals surface area contributed by atoms with Gasteiger partial charge in [-0.25, -0.2) is 19.2 Å². The Bertz CT molecular complexity index is 1520. The summed E-state index contributed by atoms with van der Waals surface area (Å²) < 4.78 is 29.5. The Morgan fingerprint density at radius 2 is 1.95 bits per heavy atom. The highest BCUT2D eigenvalue weighted by Gasteiger charge is 2.24. The maximum atomic E-state index is 15.9. The summed E-state index contributed by atoms with van der Waals surface area (Å²) in [5, 5.41) is 0. The third-order valence-corrected chi connectivity index (χ3v) is 7.76. The second-order valence-corrected chi connectivity index (χ2v) is 10.7. The summed E-state index contributed by atoms with van der Waals surface area (Å²) in [6, 6.07) is 12.6. The van der Waals surface area contributed by atoms with Gasteiger partial charge in [0.2, 0.25) is 5.65 Å². The summed E-state index contributed by atoms with van der Waals surface area (Å²) in [4.78, 5) is 17.6. The molecule has 0 aliphatic carbocycles. The molecule has 2 aromatic carbocycles. The topological polar surface area (TPSA) is 59.5 Å². The van der Waals surface area contributed by atoms with Crippen LogP contribution in [-0.2, 0) is 11.3 Å². The summed E-state index contributed by atoms with van der Waals surface area (Å²) in [7, 11) is 2.14. The second-order valence-electron chi connectivity index (χ2n) is 10.7. The van der Waals surface area contributed by atoms with Crippen LogP contribution in [0.5, 0.6) is 5.88 Å². The van der Waals surface area contributed by atoms with Gasteiger partial charge in [-0.3, -0.25) is 9.30 Å². The molecule has 9 heteroatoms. The van der Waals surface area contributed by atoms with E-state index < -0.39 is 0 Å². The number of fused-ring (bicyclic) bond motifs is 1. The summed E-state index contributed by atoms with van der Waals surface area (Å²) in [5.41, 5.74) is 4.39. The Labute approximate surface area is 233 Å². The van der Waals surface area contributed by atoms with Gasteiger partial charge in [0.05, 0.1) is 37.8 Å². The summed E-state index contributed by atoms with van der Waals surface area (Å²) >= 11 is 0. The first kappa shape index (κ1) is 26.4. The number of rotatable bonds is 7. The molecule has 2 aliphatic heterocycles. The minimum Gasteiger partial charge on any atom is -0.475 e. The predicted molar refractivity (Wildman–Crippen MR) is 152 cm³/mol. The number of hydrogen-bond acceptors (Lipinski definition) is 6. The molecule has 0 N–H and O–H groups in total. The molecule has 2 saturated heterocycles. The fraction of sp³-hybridized carbons (Fsp3) is 0.387. The Kier molecular flexibility index (Phi) is 7.73. The minimum absolute atomic E-state index is 0.319. The lowest BCUT2D eigenvalue weighted by Crippen LogP contribution is -2.35. The molecular weight excluding hydrogens is 507 g/mol. The van der Waals surface area contributed by atoms with E-state index in [1.54, 1.807) is 24.4 Å². The van der Waals surface area contributed by atoms with Crippen molar-refractivity contribution in [3.05, 3.63) is 77.7 Å². The van der Waals surface area contributed by atoms with Crippen LogP contribution in [0.25, 0.3) is 33.0 Å².